The van der Waals surface area contributed by atoms with Gasteiger partial charge in [0, 0.05) is 17.8 Å². The second-order valence-electron chi connectivity index (χ2n) is 9.69. The van der Waals surface area contributed by atoms with Gasteiger partial charge in [0.05, 0.1) is 5.52 Å². The first-order valence-electron chi connectivity index (χ1n) is 13.0. The van der Waals surface area contributed by atoms with Crippen molar-refractivity contribution in [3.63, 3.8) is 0 Å². The second kappa shape index (κ2) is 10.5. The van der Waals surface area contributed by atoms with Gasteiger partial charge in [-0.05, 0) is 42.7 Å². The van der Waals surface area contributed by atoms with Crippen LogP contribution in [0.25, 0.3) is 11.0 Å². The SMILES string of the molecule is O=C(NC1CCCCC1)[C@H](c1ccccc1)N(C(=O)Cn1nnc2ccccc21)c1ccc2c(c1)OCO2. The predicted octanol–water partition coefficient (Wildman–Crippen LogP) is 4.38. The standard InChI is InChI=1S/C29H29N5O4/c35-27(18-33-24-14-8-7-13-23(24)31-32-33)34(22-15-16-25-26(17-22)38-19-37-25)28(20-9-3-1-4-10-20)29(36)30-21-11-5-2-6-12-21/h1,3-4,7-10,13-17,21,28H,2,5-6,11-12,18-19H2,(H,30,36)/t28-/m0/s1. The van der Waals surface area contributed by atoms with E-state index in [1.165, 1.54) is 6.42 Å². The number of nitrogens with one attached hydrogen (secondary N) is 1. The van der Waals surface area contributed by atoms with E-state index < -0.39 is 6.04 Å². The lowest BCUT2D eigenvalue weighted by atomic mass is 9.94. The summed E-state index contributed by atoms with van der Waals surface area (Å²) in [5.74, 6) is 0.627. The Morgan fingerprint density at radius 1 is 0.947 bits per heavy atom. The molecular weight excluding hydrogens is 482 g/mol. The van der Waals surface area contributed by atoms with Gasteiger partial charge in [0.25, 0.3) is 0 Å². The van der Waals surface area contributed by atoms with Crippen LogP contribution in [-0.2, 0) is 16.1 Å². The van der Waals surface area contributed by atoms with Gasteiger partial charge in [0.15, 0.2) is 11.5 Å². The molecule has 3 aromatic carbocycles. The zero-order chi connectivity index (χ0) is 25.9. The van der Waals surface area contributed by atoms with E-state index in [1.54, 1.807) is 27.8 Å². The molecule has 0 radical (unpaired) electrons. The number of nitrogens with zero attached hydrogens (tertiary/aromatic N) is 4. The summed E-state index contributed by atoms with van der Waals surface area (Å²) in [6, 6.07) is 21.4. The molecule has 6 rings (SSSR count). The molecule has 9 heteroatoms. The topological polar surface area (TPSA) is 98.6 Å². The second-order valence-corrected chi connectivity index (χ2v) is 9.69. The number of hydrogen-bond donors (Lipinski definition) is 1. The van der Waals surface area contributed by atoms with Crippen molar-refractivity contribution in [2.45, 2.75) is 50.7 Å². The third-order valence-corrected chi connectivity index (χ3v) is 7.18. The number of para-hydroxylation sites is 1. The molecule has 0 spiro atoms. The molecule has 4 aromatic rings. The van der Waals surface area contributed by atoms with E-state index >= 15 is 0 Å². The number of rotatable bonds is 7. The molecule has 2 amide bonds. The molecule has 2 heterocycles. The highest BCUT2D eigenvalue weighted by Gasteiger charge is 2.35. The molecule has 0 unspecified atom stereocenters. The molecule has 9 nitrogen and oxygen atoms in total. The van der Waals surface area contributed by atoms with Crippen LogP contribution in [0.5, 0.6) is 11.5 Å². The molecule has 0 bridgehead atoms. The van der Waals surface area contributed by atoms with Crippen LogP contribution in [0.1, 0.15) is 43.7 Å². The highest BCUT2D eigenvalue weighted by Crippen LogP contribution is 2.38. The summed E-state index contributed by atoms with van der Waals surface area (Å²) < 4.78 is 12.7. The minimum Gasteiger partial charge on any atom is -0.454 e. The summed E-state index contributed by atoms with van der Waals surface area (Å²) in [6.45, 7) is 0.0248. The minimum atomic E-state index is -0.888. The molecule has 1 atom stereocenters. The monoisotopic (exact) mass is 511 g/mol. The van der Waals surface area contributed by atoms with Crippen molar-refractivity contribution >= 4 is 28.5 Å². The summed E-state index contributed by atoms with van der Waals surface area (Å²) >= 11 is 0. The third-order valence-electron chi connectivity index (χ3n) is 7.18. The average molecular weight is 512 g/mol. The average Bonchev–Trinajstić information content (AvgIpc) is 3.59. The lowest BCUT2D eigenvalue weighted by molar-refractivity contribution is -0.127. The van der Waals surface area contributed by atoms with Gasteiger partial charge in [-0.1, -0.05) is 66.9 Å². The molecule has 1 saturated carbocycles. The van der Waals surface area contributed by atoms with Crippen molar-refractivity contribution in [2.75, 3.05) is 11.7 Å². The van der Waals surface area contributed by atoms with Crippen molar-refractivity contribution in [3.05, 3.63) is 78.4 Å². The van der Waals surface area contributed by atoms with E-state index in [2.05, 4.69) is 15.6 Å². The van der Waals surface area contributed by atoms with Crippen LogP contribution in [0.3, 0.4) is 0 Å². The van der Waals surface area contributed by atoms with E-state index in [-0.39, 0.29) is 31.2 Å². The number of hydrogen-bond acceptors (Lipinski definition) is 6. The Morgan fingerprint density at radius 3 is 2.55 bits per heavy atom. The molecule has 1 N–H and O–H groups in total. The molecule has 2 aliphatic rings. The molecule has 1 fully saturated rings. The number of carbonyl (C=O) groups is 2. The van der Waals surface area contributed by atoms with Crippen molar-refractivity contribution in [1.82, 2.24) is 20.3 Å². The van der Waals surface area contributed by atoms with Gasteiger partial charge in [-0.25, -0.2) is 4.68 Å². The molecule has 194 valence electrons. The van der Waals surface area contributed by atoms with Crippen LogP contribution in [-0.4, -0.2) is 39.6 Å². The Labute approximate surface area is 220 Å². The Balaban J connectivity index is 1.41. The number of anilines is 1. The number of aromatic nitrogens is 3. The molecule has 1 aromatic heterocycles. The minimum absolute atomic E-state index is 0.0883. The normalized spacial score (nSPS) is 15.8. The predicted molar refractivity (Wildman–Crippen MR) is 142 cm³/mol. The molecular formula is C29H29N5O4. The zero-order valence-electron chi connectivity index (χ0n) is 21.0. The first kappa shape index (κ1) is 24.0. The number of ether oxygens (including phenoxy) is 2. The summed E-state index contributed by atoms with van der Waals surface area (Å²) in [7, 11) is 0. The Kier molecular flexibility index (Phi) is 6.64. The quantitative estimate of drug-likeness (QED) is 0.395. The van der Waals surface area contributed by atoms with Crippen LogP contribution in [0.2, 0.25) is 0 Å². The van der Waals surface area contributed by atoms with Gasteiger partial charge in [0.2, 0.25) is 18.6 Å². The lowest BCUT2D eigenvalue weighted by Gasteiger charge is -2.33. The van der Waals surface area contributed by atoms with Gasteiger partial charge < -0.3 is 14.8 Å². The van der Waals surface area contributed by atoms with Gasteiger partial charge in [-0.3, -0.25) is 14.5 Å². The first-order chi connectivity index (χ1) is 18.7. The molecule has 1 aliphatic carbocycles. The first-order valence-corrected chi connectivity index (χ1v) is 13.0. The van der Waals surface area contributed by atoms with Gasteiger partial charge in [0.1, 0.15) is 18.1 Å². The maximum Gasteiger partial charge on any atom is 0.249 e. The van der Waals surface area contributed by atoms with E-state index in [4.69, 9.17) is 9.47 Å². The largest absolute Gasteiger partial charge is 0.454 e. The van der Waals surface area contributed by atoms with Gasteiger partial charge >= 0.3 is 0 Å². The highest BCUT2D eigenvalue weighted by molar-refractivity contribution is 6.02. The van der Waals surface area contributed by atoms with E-state index in [1.807, 2.05) is 54.6 Å². The maximum atomic E-state index is 14.2. The van der Waals surface area contributed by atoms with E-state index in [9.17, 15) is 9.59 Å². The van der Waals surface area contributed by atoms with Crippen LogP contribution in [0.4, 0.5) is 5.69 Å². The van der Waals surface area contributed by atoms with Crippen LogP contribution < -0.4 is 19.7 Å². The maximum absolute atomic E-state index is 14.2. The van der Waals surface area contributed by atoms with Crippen molar-refractivity contribution < 1.29 is 19.1 Å². The molecule has 0 saturated heterocycles. The fourth-order valence-electron chi connectivity index (χ4n) is 5.29. The highest BCUT2D eigenvalue weighted by atomic mass is 16.7. The van der Waals surface area contributed by atoms with Crippen LogP contribution >= 0.6 is 0 Å². The molecule has 38 heavy (non-hydrogen) atoms. The Hall–Kier alpha value is -4.40. The summed E-state index contributed by atoms with van der Waals surface area (Å²) in [4.78, 5) is 29.7. The van der Waals surface area contributed by atoms with Gasteiger partial charge in [-0.2, -0.15) is 0 Å². The fourth-order valence-corrected chi connectivity index (χ4v) is 5.29. The van der Waals surface area contributed by atoms with Crippen molar-refractivity contribution in [1.29, 1.82) is 0 Å². The number of carbonyl (C=O) groups excluding carboxylic acids is 2. The Morgan fingerprint density at radius 2 is 1.71 bits per heavy atom. The number of fused-ring (bicyclic) bond motifs is 2. The lowest BCUT2D eigenvalue weighted by Crippen LogP contribution is -2.48. The van der Waals surface area contributed by atoms with Crippen molar-refractivity contribution in [2.24, 2.45) is 0 Å². The van der Waals surface area contributed by atoms with Crippen LogP contribution in [0.15, 0.2) is 72.8 Å². The number of benzene rings is 3. The summed E-state index contributed by atoms with van der Waals surface area (Å²) in [5, 5.41) is 11.6. The third kappa shape index (κ3) is 4.79. The Bertz CT molecular complexity index is 1450. The van der Waals surface area contributed by atoms with Crippen LogP contribution in [0, 0.1) is 0 Å². The smallest absolute Gasteiger partial charge is 0.249 e. The van der Waals surface area contributed by atoms with E-state index in [0.29, 0.717) is 22.7 Å². The van der Waals surface area contributed by atoms with Crippen molar-refractivity contribution in [3.8, 4) is 11.5 Å². The summed E-state index contributed by atoms with van der Waals surface area (Å²) in [5.41, 5.74) is 2.70. The number of amides is 2. The molecule has 1 aliphatic heterocycles. The summed E-state index contributed by atoms with van der Waals surface area (Å²) in [6.07, 6.45) is 5.24. The fraction of sp³-hybridized carbons (Fsp3) is 0.310. The van der Waals surface area contributed by atoms with Gasteiger partial charge in [-0.15, -0.1) is 5.10 Å². The van der Waals surface area contributed by atoms with E-state index in [0.717, 1.165) is 36.8 Å². The zero-order valence-corrected chi connectivity index (χ0v) is 21.0.